The van der Waals surface area contributed by atoms with E-state index in [9.17, 15) is 0 Å². The number of rotatable bonds is 3. The maximum Gasteiger partial charge on any atom is 0.231 e. The first kappa shape index (κ1) is 18.9. The second kappa shape index (κ2) is 7.39. The molecule has 3 aromatic carbocycles. The lowest BCUT2D eigenvalue weighted by Crippen LogP contribution is -2.33. The highest BCUT2D eigenvalue weighted by molar-refractivity contribution is 7.98. The summed E-state index contributed by atoms with van der Waals surface area (Å²) >= 11 is 8.05. The standard InChI is InChI=1S/C24H19ClN2O3S/c1-31-17-6-2-14(3-7-17)24-27-20(18-11-16(25)5-9-21(18)30-24)12-19(26-27)15-4-8-22-23(10-15)29-13-28-22/h2-11,20,24H,12-13H2,1H3/t20-,24+/m1/s1. The molecule has 0 radical (unpaired) electrons. The molecule has 0 amide bonds. The van der Waals surface area contributed by atoms with Crippen molar-refractivity contribution in [3.63, 3.8) is 0 Å². The van der Waals surface area contributed by atoms with E-state index in [1.807, 2.05) is 36.4 Å². The van der Waals surface area contributed by atoms with E-state index in [1.165, 1.54) is 4.90 Å². The van der Waals surface area contributed by atoms with Crippen LogP contribution in [0.1, 0.15) is 35.4 Å². The lowest BCUT2D eigenvalue weighted by molar-refractivity contribution is -0.0190. The molecule has 0 aromatic heterocycles. The van der Waals surface area contributed by atoms with E-state index < -0.39 is 0 Å². The minimum absolute atomic E-state index is 0.0492. The van der Waals surface area contributed by atoms with Crippen LogP contribution < -0.4 is 14.2 Å². The van der Waals surface area contributed by atoms with Gasteiger partial charge in [-0.1, -0.05) is 23.7 Å². The Morgan fingerprint density at radius 2 is 1.77 bits per heavy atom. The lowest BCUT2D eigenvalue weighted by atomic mass is 9.95. The maximum absolute atomic E-state index is 6.43. The van der Waals surface area contributed by atoms with Crippen molar-refractivity contribution >= 4 is 29.1 Å². The number of hydrogen-bond acceptors (Lipinski definition) is 6. The molecule has 5 nitrogen and oxygen atoms in total. The van der Waals surface area contributed by atoms with Gasteiger partial charge in [-0.25, -0.2) is 5.01 Å². The first-order chi connectivity index (χ1) is 15.2. The third-order valence-corrected chi connectivity index (χ3v) is 6.84. The van der Waals surface area contributed by atoms with Gasteiger partial charge in [-0.15, -0.1) is 11.8 Å². The van der Waals surface area contributed by atoms with Gasteiger partial charge in [0.25, 0.3) is 0 Å². The largest absolute Gasteiger partial charge is 0.464 e. The molecule has 3 heterocycles. The average molecular weight is 451 g/mol. The van der Waals surface area contributed by atoms with E-state index in [0.717, 1.165) is 46.1 Å². The Bertz CT molecular complexity index is 1200. The Labute approximate surface area is 189 Å². The smallest absolute Gasteiger partial charge is 0.231 e. The quantitative estimate of drug-likeness (QED) is 0.455. The topological polar surface area (TPSA) is 43.3 Å². The van der Waals surface area contributed by atoms with Gasteiger partial charge in [-0.3, -0.25) is 0 Å². The van der Waals surface area contributed by atoms with Crippen LogP contribution in [0.3, 0.4) is 0 Å². The molecule has 0 N–H and O–H groups in total. The van der Waals surface area contributed by atoms with E-state index in [0.29, 0.717) is 5.02 Å². The molecular formula is C24H19ClN2O3S. The molecule has 0 spiro atoms. The van der Waals surface area contributed by atoms with Crippen LogP contribution in [0, 0.1) is 0 Å². The average Bonchev–Trinajstić information content (AvgIpc) is 3.45. The van der Waals surface area contributed by atoms with E-state index in [2.05, 4.69) is 35.5 Å². The van der Waals surface area contributed by atoms with Crippen LogP contribution >= 0.6 is 23.4 Å². The second-order valence-corrected chi connectivity index (χ2v) is 8.96. The van der Waals surface area contributed by atoms with Gasteiger partial charge in [-0.2, -0.15) is 5.10 Å². The minimum Gasteiger partial charge on any atom is -0.464 e. The van der Waals surface area contributed by atoms with Crippen LogP contribution in [0.2, 0.25) is 5.02 Å². The highest BCUT2D eigenvalue weighted by Gasteiger charge is 2.41. The minimum atomic E-state index is -0.305. The second-order valence-electron chi connectivity index (χ2n) is 7.64. The van der Waals surface area contributed by atoms with Gasteiger partial charge in [0.1, 0.15) is 5.75 Å². The number of ether oxygens (including phenoxy) is 3. The summed E-state index contributed by atoms with van der Waals surface area (Å²) in [5.41, 5.74) is 4.15. The summed E-state index contributed by atoms with van der Waals surface area (Å²) in [6, 6.07) is 20.3. The van der Waals surface area contributed by atoms with Crippen LogP contribution in [-0.2, 0) is 0 Å². The van der Waals surface area contributed by atoms with Crippen molar-refractivity contribution in [1.82, 2.24) is 5.01 Å². The first-order valence-electron chi connectivity index (χ1n) is 10.1. The molecule has 3 aliphatic rings. The van der Waals surface area contributed by atoms with Crippen LogP contribution in [0.25, 0.3) is 0 Å². The predicted molar refractivity (Wildman–Crippen MR) is 121 cm³/mol. The molecule has 0 bridgehead atoms. The van der Waals surface area contributed by atoms with Crippen LogP contribution in [0.15, 0.2) is 70.7 Å². The highest BCUT2D eigenvalue weighted by Crippen LogP contribution is 2.48. The summed E-state index contributed by atoms with van der Waals surface area (Å²) in [7, 11) is 0. The molecule has 156 valence electrons. The summed E-state index contributed by atoms with van der Waals surface area (Å²) in [5, 5.41) is 7.77. The van der Waals surface area contributed by atoms with Gasteiger partial charge >= 0.3 is 0 Å². The summed E-state index contributed by atoms with van der Waals surface area (Å²) in [4.78, 5) is 1.22. The van der Waals surface area contributed by atoms with E-state index in [1.54, 1.807) is 11.8 Å². The number of benzene rings is 3. The summed E-state index contributed by atoms with van der Waals surface area (Å²) in [6.07, 6.45) is 2.53. The number of hydrogen-bond donors (Lipinski definition) is 0. The normalized spacial score (nSPS) is 20.7. The lowest BCUT2D eigenvalue weighted by Gasteiger charge is -2.38. The van der Waals surface area contributed by atoms with Gasteiger partial charge in [0.15, 0.2) is 11.5 Å². The molecule has 3 aliphatic heterocycles. The Hall–Kier alpha value is -2.83. The van der Waals surface area contributed by atoms with Gasteiger partial charge in [-0.05, 0) is 54.8 Å². The zero-order valence-corrected chi connectivity index (χ0v) is 18.3. The molecule has 6 rings (SSSR count). The fraction of sp³-hybridized carbons (Fsp3) is 0.208. The number of halogens is 1. The van der Waals surface area contributed by atoms with E-state index in [4.69, 9.17) is 30.9 Å². The number of nitrogens with zero attached hydrogens (tertiary/aromatic N) is 2. The zero-order chi connectivity index (χ0) is 20.9. The van der Waals surface area contributed by atoms with E-state index in [-0.39, 0.29) is 19.1 Å². The molecule has 0 saturated carbocycles. The third kappa shape index (κ3) is 3.22. The van der Waals surface area contributed by atoms with Crippen molar-refractivity contribution < 1.29 is 14.2 Å². The van der Waals surface area contributed by atoms with Gasteiger partial charge in [0, 0.05) is 33.0 Å². The summed E-state index contributed by atoms with van der Waals surface area (Å²) in [5.74, 6) is 2.38. The van der Waals surface area contributed by atoms with Crippen molar-refractivity contribution in [2.45, 2.75) is 23.6 Å². The maximum atomic E-state index is 6.43. The summed E-state index contributed by atoms with van der Waals surface area (Å²) < 4.78 is 17.4. The molecule has 7 heteroatoms. The van der Waals surface area contributed by atoms with Crippen molar-refractivity contribution in [2.24, 2.45) is 5.10 Å². The molecule has 2 atom stereocenters. The molecule has 0 saturated heterocycles. The monoisotopic (exact) mass is 450 g/mol. The van der Waals surface area contributed by atoms with Crippen molar-refractivity contribution in [1.29, 1.82) is 0 Å². The van der Waals surface area contributed by atoms with Crippen molar-refractivity contribution in [3.05, 3.63) is 82.4 Å². The van der Waals surface area contributed by atoms with Crippen LogP contribution in [0.5, 0.6) is 17.2 Å². The third-order valence-electron chi connectivity index (χ3n) is 5.86. The molecule has 0 fully saturated rings. The molecule has 31 heavy (non-hydrogen) atoms. The number of fused-ring (bicyclic) bond motifs is 4. The first-order valence-corrected chi connectivity index (χ1v) is 11.7. The SMILES string of the molecule is CSc1ccc([C@@H]2Oc3ccc(Cl)cc3[C@H]3CC(c4ccc5c(c4)OCO5)=NN32)cc1. The van der Waals surface area contributed by atoms with Crippen molar-refractivity contribution in [2.75, 3.05) is 13.0 Å². The molecular weight excluding hydrogens is 432 g/mol. The van der Waals surface area contributed by atoms with Crippen LogP contribution in [0.4, 0.5) is 0 Å². The molecule has 0 aliphatic carbocycles. The zero-order valence-electron chi connectivity index (χ0n) is 16.7. The highest BCUT2D eigenvalue weighted by atomic mass is 35.5. The Kier molecular flexibility index (Phi) is 4.51. The fourth-order valence-electron chi connectivity index (χ4n) is 4.30. The molecule has 3 aromatic rings. The molecule has 0 unspecified atom stereocenters. The van der Waals surface area contributed by atoms with Gasteiger partial charge in [0.2, 0.25) is 13.0 Å². The van der Waals surface area contributed by atoms with E-state index >= 15 is 0 Å². The number of hydrazone groups is 1. The Morgan fingerprint density at radius 1 is 0.968 bits per heavy atom. The summed E-state index contributed by atoms with van der Waals surface area (Å²) in [6.45, 7) is 0.258. The Morgan fingerprint density at radius 3 is 2.61 bits per heavy atom. The van der Waals surface area contributed by atoms with Gasteiger partial charge < -0.3 is 14.2 Å². The fourth-order valence-corrected chi connectivity index (χ4v) is 4.89. The van der Waals surface area contributed by atoms with Crippen molar-refractivity contribution in [3.8, 4) is 17.2 Å². The van der Waals surface area contributed by atoms with Crippen LogP contribution in [-0.4, -0.2) is 23.8 Å². The predicted octanol–water partition coefficient (Wildman–Crippen LogP) is 6.03. The van der Waals surface area contributed by atoms with Gasteiger partial charge in [0.05, 0.1) is 11.8 Å². The number of thioether (sulfide) groups is 1. The Balaban J connectivity index is 1.42.